The molecular weight excluding hydrogens is 252 g/mol. The standard InChI is InChI=1S/C9H16O7S/c10-8(11)4-2-1-3-7(17(14,15)16)5-6-9(12)13/h7H,1-6H2,(H,10,11)(H,12,13)(H,14,15,16). The van der Waals surface area contributed by atoms with Gasteiger partial charge < -0.3 is 10.2 Å². The van der Waals surface area contributed by atoms with Crippen LogP contribution in [0.25, 0.3) is 0 Å². The molecule has 17 heavy (non-hydrogen) atoms. The molecule has 0 saturated carbocycles. The van der Waals surface area contributed by atoms with Crippen LogP contribution in [0.5, 0.6) is 0 Å². The average Bonchev–Trinajstić information content (AvgIpc) is 2.13. The minimum Gasteiger partial charge on any atom is -0.481 e. The van der Waals surface area contributed by atoms with Crippen molar-refractivity contribution in [2.24, 2.45) is 0 Å². The minimum atomic E-state index is -4.27. The topological polar surface area (TPSA) is 129 Å². The molecule has 0 aromatic rings. The van der Waals surface area contributed by atoms with Crippen LogP contribution in [0.3, 0.4) is 0 Å². The fraction of sp³-hybridized carbons (Fsp3) is 0.778. The van der Waals surface area contributed by atoms with Gasteiger partial charge in [-0.2, -0.15) is 8.42 Å². The molecule has 0 rings (SSSR count). The minimum absolute atomic E-state index is 0.0688. The van der Waals surface area contributed by atoms with Crippen LogP contribution in [0.15, 0.2) is 0 Å². The van der Waals surface area contributed by atoms with E-state index in [9.17, 15) is 18.0 Å². The Labute approximate surface area is 99.2 Å². The zero-order chi connectivity index (χ0) is 13.5. The second-order valence-corrected chi connectivity index (χ2v) is 5.41. The molecule has 0 aliphatic heterocycles. The number of rotatable bonds is 9. The molecule has 7 nitrogen and oxygen atoms in total. The van der Waals surface area contributed by atoms with Crippen molar-refractivity contribution in [3.63, 3.8) is 0 Å². The summed E-state index contributed by atoms with van der Waals surface area (Å²) in [6.45, 7) is 0. The Bertz CT molecular complexity index is 360. The van der Waals surface area contributed by atoms with Gasteiger partial charge in [-0.05, 0) is 19.3 Å². The lowest BCUT2D eigenvalue weighted by Gasteiger charge is -2.11. The van der Waals surface area contributed by atoms with Crippen molar-refractivity contribution in [1.82, 2.24) is 0 Å². The summed E-state index contributed by atoms with van der Waals surface area (Å²) in [7, 11) is -4.27. The Hall–Kier alpha value is -1.15. The lowest BCUT2D eigenvalue weighted by Crippen LogP contribution is -2.21. The third-order valence-corrected chi connectivity index (χ3v) is 3.58. The predicted molar refractivity (Wildman–Crippen MR) is 58.3 cm³/mol. The van der Waals surface area contributed by atoms with Crippen molar-refractivity contribution in [1.29, 1.82) is 0 Å². The highest BCUT2D eigenvalue weighted by Gasteiger charge is 2.23. The summed E-state index contributed by atoms with van der Waals surface area (Å²) in [5, 5.41) is 15.7. The molecule has 0 saturated heterocycles. The Morgan fingerprint density at radius 3 is 1.88 bits per heavy atom. The van der Waals surface area contributed by atoms with Gasteiger partial charge in [0, 0.05) is 12.8 Å². The van der Waals surface area contributed by atoms with E-state index in [4.69, 9.17) is 14.8 Å². The molecule has 1 atom stereocenters. The Balaban J connectivity index is 4.13. The zero-order valence-corrected chi connectivity index (χ0v) is 10.0. The fourth-order valence-corrected chi connectivity index (χ4v) is 2.26. The van der Waals surface area contributed by atoms with Gasteiger partial charge in [0.25, 0.3) is 10.1 Å². The van der Waals surface area contributed by atoms with E-state index in [-0.39, 0.29) is 25.7 Å². The van der Waals surface area contributed by atoms with E-state index in [1.165, 1.54) is 0 Å². The van der Waals surface area contributed by atoms with Crippen molar-refractivity contribution >= 4 is 22.1 Å². The van der Waals surface area contributed by atoms with Gasteiger partial charge in [0.15, 0.2) is 0 Å². The van der Waals surface area contributed by atoms with Crippen LogP contribution in [0.4, 0.5) is 0 Å². The van der Waals surface area contributed by atoms with Crippen LogP contribution in [0, 0.1) is 0 Å². The van der Waals surface area contributed by atoms with Crippen LogP contribution >= 0.6 is 0 Å². The first-order chi connectivity index (χ1) is 7.73. The van der Waals surface area contributed by atoms with Gasteiger partial charge in [0.1, 0.15) is 0 Å². The monoisotopic (exact) mass is 268 g/mol. The van der Waals surface area contributed by atoms with Crippen LogP contribution < -0.4 is 0 Å². The molecule has 0 fully saturated rings. The maximum atomic E-state index is 10.9. The van der Waals surface area contributed by atoms with Crippen LogP contribution in [0.2, 0.25) is 0 Å². The van der Waals surface area contributed by atoms with Crippen LogP contribution in [-0.4, -0.2) is 40.4 Å². The first-order valence-corrected chi connectivity index (χ1v) is 6.63. The number of hydrogen-bond donors (Lipinski definition) is 3. The summed E-state index contributed by atoms with van der Waals surface area (Å²) in [5.41, 5.74) is 0. The highest BCUT2D eigenvalue weighted by atomic mass is 32.2. The average molecular weight is 268 g/mol. The summed E-state index contributed by atoms with van der Waals surface area (Å²) >= 11 is 0. The molecule has 0 radical (unpaired) electrons. The summed E-state index contributed by atoms with van der Waals surface area (Å²) in [6.07, 6.45) is 0.103. The molecule has 0 aliphatic rings. The summed E-state index contributed by atoms with van der Waals surface area (Å²) < 4.78 is 30.7. The van der Waals surface area contributed by atoms with Crippen molar-refractivity contribution in [2.75, 3.05) is 0 Å². The van der Waals surface area contributed by atoms with Crippen molar-refractivity contribution < 1.29 is 32.8 Å². The Kier molecular flexibility index (Phi) is 6.74. The SMILES string of the molecule is O=C(O)CCCCC(CCC(=O)O)S(=O)(=O)O. The molecular formula is C9H16O7S. The molecule has 0 aliphatic carbocycles. The predicted octanol–water partition coefficient (Wildman–Crippen LogP) is 0.753. The van der Waals surface area contributed by atoms with Gasteiger partial charge in [0.2, 0.25) is 0 Å². The summed E-state index contributed by atoms with van der Waals surface area (Å²) in [5.74, 6) is -2.11. The summed E-state index contributed by atoms with van der Waals surface area (Å²) in [4.78, 5) is 20.5. The van der Waals surface area contributed by atoms with Crippen molar-refractivity contribution in [2.45, 2.75) is 43.8 Å². The van der Waals surface area contributed by atoms with Gasteiger partial charge in [-0.25, -0.2) is 0 Å². The Morgan fingerprint density at radius 1 is 0.941 bits per heavy atom. The van der Waals surface area contributed by atoms with Crippen molar-refractivity contribution in [3.8, 4) is 0 Å². The number of aliphatic carboxylic acids is 2. The highest BCUT2D eigenvalue weighted by molar-refractivity contribution is 7.86. The zero-order valence-electron chi connectivity index (χ0n) is 9.20. The van der Waals surface area contributed by atoms with Gasteiger partial charge in [-0.15, -0.1) is 0 Å². The maximum absolute atomic E-state index is 10.9. The molecule has 8 heteroatoms. The molecule has 0 spiro atoms. The molecule has 1 unspecified atom stereocenters. The van der Waals surface area contributed by atoms with E-state index >= 15 is 0 Å². The number of hydrogen-bond acceptors (Lipinski definition) is 4. The Morgan fingerprint density at radius 2 is 1.47 bits per heavy atom. The first kappa shape index (κ1) is 15.9. The second-order valence-electron chi connectivity index (χ2n) is 3.71. The fourth-order valence-electron chi connectivity index (χ4n) is 1.37. The lowest BCUT2D eigenvalue weighted by atomic mass is 10.1. The molecule has 0 bridgehead atoms. The van der Waals surface area contributed by atoms with E-state index in [0.29, 0.717) is 12.8 Å². The van der Waals surface area contributed by atoms with E-state index in [1.807, 2.05) is 0 Å². The largest absolute Gasteiger partial charge is 0.481 e. The normalized spacial score (nSPS) is 13.2. The van der Waals surface area contributed by atoms with Crippen molar-refractivity contribution in [3.05, 3.63) is 0 Å². The third kappa shape index (κ3) is 8.64. The van der Waals surface area contributed by atoms with Gasteiger partial charge in [0.05, 0.1) is 5.25 Å². The van der Waals surface area contributed by atoms with E-state index in [2.05, 4.69) is 0 Å². The van der Waals surface area contributed by atoms with E-state index in [0.717, 1.165) is 0 Å². The molecule has 0 aromatic heterocycles. The number of carboxylic acid groups (broad SMARTS) is 2. The molecule has 0 heterocycles. The first-order valence-electron chi connectivity index (χ1n) is 5.13. The van der Waals surface area contributed by atoms with Gasteiger partial charge in [-0.1, -0.05) is 6.42 Å². The number of unbranched alkanes of at least 4 members (excludes halogenated alkanes) is 1. The number of carbonyl (C=O) groups is 2. The van der Waals surface area contributed by atoms with E-state index < -0.39 is 27.3 Å². The third-order valence-electron chi connectivity index (χ3n) is 2.27. The van der Waals surface area contributed by atoms with E-state index in [1.54, 1.807) is 0 Å². The van der Waals surface area contributed by atoms with Gasteiger partial charge >= 0.3 is 11.9 Å². The second kappa shape index (κ2) is 7.23. The lowest BCUT2D eigenvalue weighted by molar-refractivity contribution is -0.138. The van der Waals surface area contributed by atoms with Gasteiger partial charge in [-0.3, -0.25) is 14.1 Å². The summed E-state index contributed by atoms with van der Waals surface area (Å²) in [6, 6.07) is 0. The smallest absolute Gasteiger partial charge is 0.303 e. The molecule has 3 N–H and O–H groups in total. The number of carboxylic acids is 2. The molecule has 100 valence electrons. The molecule has 0 aromatic carbocycles. The van der Waals surface area contributed by atoms with Crippen LogP contribution in [-0.2, 0) is 19.7 Å². The maximum Gasteiger partial charge on any atom is 0.303 e. The highest BCUT2D eigenvalue weighted by Crippen LogP contribution is 2.15. The quantitative estimate of drug-likeness (QED) is 0.415. The molecule has 0 amide bonds. The van der Waals surface area contributed by atoms with Crippen LogP contribution in [0.1, 0.15) is 38.5 Å².